The van der Waals surface area contributed by atoms with E-state index in [-0.39, 0.29) is 0 Å². The second-order valence-electron chi connectivity index (χ2n) is 2.91. The van der Waals surface area contributed by atoms with E-state index in [0.717, 1.165) is 10.9 Å². The molecule has 2 heterocycles. The third kappa shape index (κ3) is 0.922. The summed E-state index contributed by atoms with van der Waals surface area (Å²) >= 11 is 0. The van der Waals surface area contributed by atoms with Crippen molar-refractivity contribution in [2.45, 2.75) is 0 Å². The van der Waals surface area contributed by atoms with Gasteiger partial charge in [0, 0.05) is 5.39 Å². The predicted octanol–water partition coefficient (Wildman–Crippen LogP) is 0.939. The van der Waals surface area contributed by atoms with E-state index in [1.54, 1.807) is 22.1 Å². The van der Waals surface area contributed by atoms with E-state index in [1.807, 2.05) is 24.3 Å². The van der Waals surface area contributed by atoms with Crippen molar-refractivity contribution in [2.75, 3.05) is 0 Å². The van der Waals surface area contributed by atoms with Crippen molar-refractivity contribution in [1.82, 2.24) is 24.8 Å². The molecule has 0 fully saturated rings. The fraction of sp³-hybridized carbons (Fsp3) is 0. The molecular formula is C9H7N5. The van der Waals surface area contributed by atoms with Crippen LogP contribution in [0.25, 0.3) is 10.9 Å². The molecule has 68 valence electrons. The number of rotatable bonds is 1. The van der Waals surface area contributed by atoms with Crippen LogP contribution in [-0.2, 0) is 0 Å². The molecule has 5 nitrogen and oxygen atoms in total. The van der Waals surface area contributed by atoms with E-state index in [0.29, 0.717) is 0 Å². The van der Waals surface area contributed by atoms with Crippen molar-refractivity contribution in [3.8, 4) is 0 Å². The third-order valence-corrected chi connectivity index (χ3v) is 2.06. The zero-order chi connectivity index (χ0) is 9.38. The van der Waals surface area contributed by atoms with Gasteiger partial charge in [0.05, 0.1) is 11.7 Å². The number of hydrogen-bond donors (Lipinski definition) is 0. The molecule has 0 aliphatic heterocycles. The Balaban J connectivity index is 2.33. The molecule has 0 N–H and O–H groups in total. The summed E-state index contributed by atoms with van der Waals surface area (Å²) < 4.78 is 0. The molecule has 0 aliphatic rings. The van der Waals surface area contributed by atoms with Crippen LogP contribution in [0.5, 0.6) is 0 Å². The van der Waals surface area contributed by atoms with Gasteiger partial charge in [0.2, 0.25) is 0 Å². The van der Waals surface area contributed by atoms with E-state index in [1.165, 1.54) is 6.33 Å². The summed E-state index contributed by atoms with van der Waals surface area (Å²) in [7, 11) is 0. The van der Waals surface area contributed by atoms with Gasteiger partial charge < -0.3 is 0 Å². The molecule has 14 heavy (non-hydrogen) atoms. The van der Waals surface area contributed by atoms with Crippen LogP contribution in [0.3, 0.4) is 0 Å². The standard InChI is InChI=1S/C9H7N5/c1-2-4-9-8(3-1)5-11-14(9)13-7-10-6-12-13/h1-7H. The maximum Gasteiger partial charge on any atom is 0.139 e. The average Bonchev–Trinajstić information content (AvgIpc) is 2.85. The highest BCUT2D eigenvalue weighted by Gasteiger charge is 2.02. The highest BCUT2D eigenvalue weighted by Crippen LogP contribution is 2.11. The minimum Gasteiger partial charge on any atom is -0.221 e. The predicted molar refractivity (Wildman–Crippen MR) is 50.6 cm³/mol. The van der Waals surface area contributed by atoms with Crippen LogP contribution in [0.15, 0.2) is 43.1 Å². The molecular weight excluding hydrogens is 178 g/mol. The Morgan fingerprint density at radius 1 is 1.07 bits per heavy atom. The molecule has 0 spiro atoms. The van der Waals surface area contributed by atoms with Crippen LogP contribution in [0.1, 0.15) is 0 Å². The molecule has 0 amide bonds. The minimum absolute atomic E-state index is 1.01. The average molecular weight is 185 g/mol. The fourth-order valence-electron chi connectivity index (χ4n) is 1.42. The zero-order valence-corrected chi connectivity index (χ0v) is 7.28. The summed E-state index contributed by atoms with van der Waals surface area (Å²) in [6, 6.07) is 7.95. The maximum absolute atomic E-state index is 4.21. The van der Waals surface area contributed by atoms with E-state index in [4.69, 9.17) is 0 Å². The molecule has 0 saturated heterocycles. The highest BCUT2D eigenvalue weighted by molar-refractivity contribution is 5.78. The summed E-state index contributed by atoms with van der Waals surface area (Å²) in [5, 5.41) is 9.32. The zero-order valence-electron chi connectivity index (χ0n) is 7.28. The lowest BCUT2D eigenvalue weighted by Crippen LogP contribution is -2.10. The summed E-state index contributed by atoms with van der Waals surface area (Å²) in [4.78, 5) is 7.16. The molecule has 0 atom stereocenters. The van der Waals surface area contributed by atoms with Crippen LogP contribution in [0, 0.1) is 0 Å². The Labute approximate surface area is 79.6 Å². The van der Waals surface area contributed by atoms with Gasteiger partial charge in [0.1, 0.15) is 12.7 Å². The summed E-state index contributed by atoms with van der Waals surface area (Å²) in [6.45, 7) is 0. The first kappa shape index (κ1) is 7.25. The van der Waals surface area contributed by atoms with Gasteiger partial charge in [-0.3, -0.25) is 0 Å². The van der Waals surface area contributed by atoms with Crippen molar-refractivity contribution >= 4 is 10.9 Å². The van der Waals surface area contributed by atoms with Crippen molar-refractivity contribution < 1.29 is 0 Å². The van der Waals surface area contributed by atoms with Gasteiger partial charge in [-0.2, -0.15) is 5.10 Å². The van der Waals surface area contributed by atoms with Gasteiger partial charge in [-0.1, -0.05) is 18.2 Å². The summed E-state index contributed by atoms with van der Waals surface area (Å²) in [6.07, 6.45) is 4.90. The summed E-state index contributed by atoms with van der Waals surface area (Å²) in [5.74, 6) is 0. The molecule has 0 aliphatic carbocycles. The van der Waals surface area contributed by atoms with Gasteiger partial charge in [0.25, 0.3) is 0 Å². The van der Waals surface area contributed by atoms with Crippen molar-refractivity contribution in [1.29, 1.82) is 0 Å². The molecule has 3 rings (SSSR count). The molecule has 0 radical (unpaired) electrons. The first-order valence-corrected chi connectivity index (χ1v) is 4.23. The number of fused-ring (bicyclic) bond motifs is 1. The van der Waals surface area contributed by atoms with E-state index < -0.39 is 0 Å². The van der Waals surface area contributed by atoms with E-state index in [9.17, 15) is 0 Å². The van der Waals surface area contributed by atoms with Gasteiger partial charge in [-0.05, 0) is 6.07 Å². The Hall–Kier alpha value is -2.17. The SMILES string of the molecule is c1ccc2c(c1)cnn2-n1cncn1. The largest absolute Gasteiger partial charge is 0.221 e. The molecule has 2 aromatic heterocycles. The third-order valence-electron chi connectivity index (χ3n) is 2.06. The molecule has 3 aromatic rings. The molecule has 1 aromatic carbocycles. The lowest BCUT2D eigenvalue weighted by Gasteiger charge is -1.99. The van der Waals surface area contributed by atoms with Crippen LogP contribution in [0.2, 0.25) is 0 Å². The molecule has 0 unspecified atom stereocenters. The topological polar surface area (TPSA) is 48.5 Å². The molecule has 0 bridgehead atoms. The Bertz CT molecular complexity index is 551. The number of hydrogen-bond acceptors (Lipinski definition) is 3. The van der Waals surface area contributed by atoms with Crippen molar-refractivity contribution in [3.63, 3.8) is 0 Å². The van der Waals surface area contributed by atoms with Gasteiger partial charge in [0.15, 0.2) is 0 Å². The van der Waals surface area contributed by atoms with Crippen molar-refractivity contribution in [2.24, 2.45) is 0 Å². The quantitative estimate of drug-likeness (QED) is 0.566. The number of benzene rings is 1. The summed E-state index contributed by atoms with van der Waals surface area (Å²) in [5.41, 5.74) is 1.01. The second-order valence-corrected chi connectivity index (χ2v) is 2.91. The number of para-hydroxylation sites is 1. The number of aromatic nitrogens is 5. The van der Waals surface area contributed by atoms with Gasteiger partial charge in [-0.15, -0.1) is 14.7 Å². The Kier molecular flexibility index (Phi) is 1.38. The molecule has 5 heteroatoms. The van der Waals surface area contributed by atoms with Crippen LogP contribution in [-0.4, -0.2) is 24.8 Å². The lowest BCUT2D eigenvalue weighted by atomic mass is 10.3. The maximum atomic E-state index is 4.21. The minimum atomic E-state index is 1.01. The van der Waals surface area contributed by atoms with Crippen LogP contribution in [0.4, 0.5) is 0 Å². The van der Waals surface area contributed by atoms with Gasteiger partial charge in [-0.25, -0.2) is 4.98 Å². The first-order chi connectivity index (χ1) is 6.95. The normalized spacial score (nSPS) is 10.9. The number of nitrogens with zero attached hydrogens (tertiary/aromatic N) is 5. The highest BCUT2D eigenvalue weighted by atomic mass is 15.7. The Morgan fingerprint density at radius 3 is 2.86 bits per heavy atom. The second kappa shape index (κ2) is 2.66. The smallest absolute Gasteiger partial charge is 0.139 e. The lowest BCUT2D eigenvalue weighted by molar-refractivity contribution is 0.524. The first-order valence-electron chi connectivity index (χ1n) is 4.23. The van der Waals surface area contributed by atoms with Gasteiger partial charge >= 0.3 is 0 Å². The van der Waals surface area contributed by atoms with Crippen LogP contribution >= 0.6 is 0 Å². The van der Waals surface area contributed by atoms with E-state index >= 15 is 0 Å². The Morgan fingerprint density at radius 2 is 2.00 bits per heavy atom. The molecule has 0 saturated carbocycles. The fourth-order valence-corrected chi connectivity index (χ4v) is 1.42. The van der Waals surface area contributed by atoms with E-state index in [2.05, 4.69) is 15.2 Å². The van der Waals surface area contributed by atoms with Crippen molar-refractivity contribution in [3.05, 3.63) is 43.1 Å². The monoisotopic (exact) mass is 185 g/mol. The van der Waals surface area contributed by atoms with Crippen LogP contribution < -0.4 is 0 Å².